The highest BCUT2D eigenvalue weighted by molar-refractivity contribution is 5.95. The number of hydrazine groups is 1. The van der Waals surface area contributed by atoms with E-state index < -0.39 is 23.8 Å². The number of nitrogens with zero attached hydrogens (tertiary/aromatic N) is 3. The lowest BCUT2D eigenvalue weighted by Crippen LogP contribution is -2.44. The summed E-state index contributed by atoms with van der Waals surface area (Å²) in [5, 5.41) is 3.30. The van der Waals surface area contributed by atoms with Crippen LogP contribution in [-0.4, -0.2) is 54.5 Å². The molecule has 0 bridgehead atoms. The summed E-state index contributed by atoms with van der Waals surface area (Å²) in [6.45, 7) is 6.33. The van der Waals surface area contributed by atoms with Crippen LogP contribution in [0.2, 0.25) is 0 Å². The van der Waals surface area contributed by atoms with Crippen molar-refractivity contribution in [2.45, 2.75) is 45.1 Å². The quantitative estimate of drug-likeness (QED) is 0.530. The Bertz CT molecular complexity index is 1010. The Morgan fingerprint density at radius 3 is 2.31 bits per heavy atom. The first-order valence-corrected chi connectivity index (χ1v) is 11.5. The van der Waals surface area contributed by atoms with Gasteiger partial charge in [0.2, 0.25) is 5.95 Å². The Hall–Kier alpha value is -3.41. The molecular formula is C23H29F3N6O3. The molecule has 3 N–H and O–H groups in total. The predicted octanol–water partition coefficient (Wildman–Crippen LogP) is 3.00. The van der Waals surface area contributed by atoms with E-state index in [9.17, 15) is 22.8 Å². The lowest BCUT2D eigenvalue weighted by Gasteiger charge is -2.43. The standard InChI is InChI=1S/C21H23F3N6O3.C2H6/c22-15-3-2-14(10-16(15)30-6-8-33-9-7-30)21(4-1-5-21)27-20-25-11-13(12-26-20)18(31)28-29-19(32)17(23)24;1-2/h2-3,10-12,17H,1,4-9H2,(H,28,31)(H,29,32)(H,25,26,27);1-2H3. The highest BCUT2D eigenvalue weighted by atomic mass is 19.3. The van der Waals surface area contributed by atoms with Gasteiger partial charge in [-0.25, -0.2) is 14.4 Å². The van der Waals surface area contributed by atoms with Crippen molar-refractivity contribution in [3.63, 3.8) is 0 Å². The maximum atomic E-state index is 14.5. The normalized spacial score (nSPS) is 16.5. The molecule has 35 heavy (non-hydrogen) atoms. The Morgan fingerprint density at radius 2 is 1.74 bits per heavy atom. The lowest BCUT2D eigenvalue weighted by molar-refractivity contribution is -0.132. The number of hydrogen-bond acceptors (Lipinski definition) is 7. The van der Waals surface area contributed by atoms with E-state index in [-0.39, 0.29) is 17.3 Å². The molecule has 1 aromatic heterocycles. The Balaban J connectivity index is 0.00000167. The number of carbonyl (C=O) groups is 2. The van der Waals surface area contributed by atoms with Gasteiger partial charge in [0.15, 0.2) is 0 Å². The molecule has 0 spiro atoms. The molecule has 1 aliphatic carbocycles. The summed E-state index contributed by atoms with van der Waals surface area (Å²) >= 11 is 0. The Labute approximate surface area is 201 Å². The summed E-state index contributed by atoms with van der Waals surface area (Å²) in [6, 6.07) is 5.06. The van der Waals surface area contributed by atoms with Crippen molar-refractivity contribution in [2.75, 3.05) is 36.5 Å². The van der Waals surface area contributed by atoms with E-state index in [4.69, 9.17) is 4.74 Å². The number of halogens is 3. The van der Waals surface area contributed by atoms with Crippen LogP contribution < -0.4 is 21.1 Å². The third-order valence-electron chi connectivity index (χ3n) is 5.82. The molecule has 1 saturated carbocycles. The first-order valence-electron chi connectivity index (χ1n) is 11.5. The van der Waals surface area contributed by atoms with Crippen molar-refractivity contribution in [3.05, 3.63) is 47.5 Å². The monoisotopic (exact) mass is 494 g/mol. The summed E-state index contributed by atoms with van der Waals surface area (Å²) in [4.78, 5) is 33.1. The number of ether oxygens (including phenoxy) is 1. The van der Waals surface area contributed by atoms with Gasteiger partial charge < -0.3 is 15.0 Å². The van der Waals surface area contributed by atoms with Gasteiger partial charge in [0.1, 0.15) is 5.82 Å². The molecule has 1 aliphatic heterocycles. The number of rotatable bonds is 6. The zero-order valence-electron chi connectivity index (χ0n) is 19.6. The highest BCUT2D eigenvalue weighted by Gasteiger charge is 2.40. The van der Waals surface area contributed by atoms with Crippen LogP contribution in [0.4, 0.5) is 24.8 Å². The van der Waals surface area contributed by atoms with Crippen molar-refractivity contribution in [1.29, 1.82) is 0 Å². The van der Waals surface area contributed by atoms with Gasteiger partial charge in [-0.2, -0.15) is 8.78 Å². The molecule has 0 unspecified atom stereocenters. The molecule has 2 amide bonds. The molecule has 12 heteroatoms. The molecule has 2 fully saturated rings. The fourth-order valence-corrected chi connectivity index (χ4v) is 3.84. The van der Waals surface area contributed by atoms with Crippen LogP contribution in [0.25, 0.3) is 0 Å². The topological polar surface area (TPSA) is 108 Å². The van der Waals surface area contributed by atoms with Crippen LogP contribution >= 0.6 is 0 Å². The number of benzene rings is 1. The molecular weight excluding hydrogens is 465 g/mol. The zero-order chi connectivity index (χ0) is 25.4. The van der Waals surface area contributed by atoms with Crippen LogP contribution in [0, 0.1) is 5.82 Å². The highest BCUT2D eigenvalue weighted by Crippen LogP contribution is 2.44. The molecule has 2 aliphatic rings. The van der Waals surface area contributed by atoms with Gasteiger partial charge in [-0.15, -0.1) is 0 Å². The minimum atomic E-state index is -3.25. The molecule has 1 saturated heterocycles. The Kier molecular flexibility index (Phi) is 8.85. The van der Waals surface area contributed by atoms with Gasteiger partial charge in [-0.3, -0.25) is 20.4 Å². The lowest BCUT2D eigenvalue weighted by atomic mass is 9.71. The SMILES string of the molecule is CC.O=C(NNC(=O)C(F)F)c1cnc(NC2(c3ccc(F)c(N4CCOCC4)c3)CCC2)nc1. The van der Waals surface area contributed by atoms with E-state index in [2.05, 4.69) is 15.3 Å². The van der Waals surface area contributed by atoms with Crippen LogP contribution in [0.5, 0.6) is 0 Å². The summed E-state index contributed by atoms with van der Waals surface area (Å²) < 4.78 is 44.3. The summed E-state index contributed by atoms with van der Waals surface area (Å²) in [5.41, 5.74) is 4.43. The van der Waals surface area contributed by atoms with Crippen molar-refractivity contribution in [2.24, 2.45) is 0 Å². The Morgan fingerprint density at radius 1 is 1.09 bits per heavy atom. The third kappa shape index (κ3) is 6.18. The second-order valence-corrected chi connectivity index (χ2v) is 7.87. The molecule has 2 heterocycles. The van der Waals surface area contributed by atoms with E-state index in [0.717, 1.165) is 24.8 Å². The van der Waals surface area contributed by atoms with Crippen molar-refractivity contribution < 1.29 is 27.5 Å². The van der Waals surface area contributed by atoms with E-state index >= 15 is 0 Å². The minimum absolute atomic E-state index is 0.0193. The first kappa shape index (κ1) is 26.2. The maximum absolute atomic E-state index is 14.5. The van der Waals surface area contributed by atoms with Crippen molar-refractivity contribution in [3.8, 4) is 0 Å². The average Bonchev–Trinajstić information content (AvgIpc) is 2.87. The van der Waals surface area contributed by atoms with E-state index in [1.807, 2.05) is 30.2 Å². The fourth-order valence-electron chi connectivity index (χ4n) is 3.84. The average molecular weight is 495 g/mol. The molecule has 4 rings (SSSR count). The second-order valence-electron chi connectivity index (χ2n) is 7.87. The van der Waals surface area contributed by atoms with Crippen LogP contribution in [0.3, 0.4) is 0 Å². The zero-order valence-corrected chi connectivity index (χ0v) is 19.6. The van der Waals surface area contributed by atoms with Crippen molar-refractivity contribution >= 4 is 23.5 Å². The molecule has 0 atom stereocenters. The smallest absolute Gasteiger partial charge is 0.317 e. The largest absolute Gasteiger partial charge is 0.378 e. The predicted molar refractivity (Wildman–Crippen MR) is 124 cm³/mol. The van der Waals surface area contributed by atoms with Gasteiger partial charge in [0.25, 0.3) is 5.91 Å². The van der Waals surface area contributed by atoms with Crippen molar-refractivity contribution in [1.82, 2.24) is 20.8 Å². The number of amides is 2. The molecule has 1 aromatic carbocycles. The number of alkyl halides is 2. The van der Waals surface area contributed by atoms with Crippen LogP contribution in [-0.2, 0) is 15.1 Å². The molecule has 190 valence electrons. The van der Waals surface area contributed by atoms with Gasteiger partial charge in [-0.05, 0) is 37.0 Å². The van der Waals surface area contributed by atoms with Gasteiger partial charge >= 0.3 is 12.3 Å². The first-order chi connectivity index (χ1) is 16.9. The summed E-state index contributed by atoms with van der Waals surface area (Å²) in [7, 11) is 0. The number of anilines is 2. The molecule has 0 radical (unpaired) electrons. The number of nitrogens with one attached hydrogen (secondary N) is 3. The summed E-state index contributed by atoms with van der Waals surface area (Å²) in [6.07, 6.45) is 1.76. The van der Waals surface area contributed by atoms with E-state index in [1.165, 1.54) is 18.5 Å². The van der Waals surface area contributed by atoms with Gasteiger partial charge in [-0.1, -0.05) is 19.9 Å². The third-order valence-corrected chi connectivity index (χ3v) is 5.82. The van der Waals surface area contributed by atoms with E-state index in [1.54, 1.807) is 11.5 Å². The minimum Gasteiger partial charge on any atom is -0.378 e. The van der Waals surface area contributed by atoms with Crippen LogP contribution in [0.15, 0.2) is 30.6 Å². The fraction of sp³-hybridized carbons (Fsp3) is 0.478. The molecule has 9 nitrogen and oxygen atoms in total. The number of morpholine rings is 1. The number of carbonyl (C=O) groups excluding carboxylic acids is 2. The number of hydrogen-bond donors (Lipinski definition) is 3. The number of aromatic nitrogens is 2. The molecule has 2 aromatic rings. The van der Waals surface area contributed by atoms with Gasteiger partial charge in [0, 0.05) is 25.5 Å². The second kappa shape index (κ2) is 11.8. The van der Waals surface area contributed by atoms with Crippen LogP contribution in [0.1, 0.15) is 49.0 Å². The maximum Gasteiger partial charge on any atom is 0.317 e. The summed E-state index contributed by atoms with van der Waals surface area (Å²) in [5.74, 6) is -2.48. The van der Waals surface area contributed by atoms with E-state index in [0.29, 0.717) is 32.0 Å². The van der Waals surface area contributed by atoms with Gasteiger partial charge in [0.05, 0.1) is 30.0 Å².